The third-order valence-electron chi connectivity index (χ3n) is 3.41. The van der Waals surface area contributed by atoms with E-state index in [1.54, 1.807) is 6.07 Å². The van der Waals surface area contributed by atoms with E-state index < -0.39 is 0 Å². The molecule has 0 N–H and O–H groups in total. The lowest BCUT2D eigenvalue weighted by Crippen LogP contribution is -1.85. The van der Waals surface area contributed by atoms with Gasteiger partial charge in [-0.2, -0.15) is 0 Å². The van der Waals surface area contributed by atoms with E-state index in [1.807, 2.05) is 12.1 Å². The summed E-state index contributed by atoms with van der Waals surface area (Å²) in [6.07, 6.45) is 7.53. The van der Waals surface area contributed by atoms with Crippen LogP contribution in [0.25, 0.3) is 17.3 Å². The fourth-order valence-electron chi connectivity index (χ4n) is 2.22. The number of hydrogen-bond donors (Lipinski definition) is 0. The number of rotatable bonds is 4. The summed E-state index contributed by atoms with van der Waals surface area (Å²) in [6, 6.07) is 5.45. The predicted molar refractivity (Wildman–Crippen MR) is 83.3 cm³/mol. The maximum atomic E-state index is 6.28. The Morgan fingerprint density at radius 3 is 2.80 bits per heavy atom. The number of nitrogens with zero attached hydrogens (tertiary/aromatic N) is 1. The molecule has 0 radical (unpaired) electrons. The lowest BCUT2D eigenvalue weighted by Gasteiger charge is -2.02. The van der Waals surface area contributed by atoms with E-state index in [9.17, 15) is 0 Å². The van der Waals surface area contributed by atoms with Crippen molar-refractivity contribution in [2.45, 2.75) is 32.1 Å². The lowest BCUT2D eigenvalue weighted by atomic mass is 10.0. The van der Waals surface area contributed by atoms with Gasteiger partial charge in [0.1, 0.15) is 11.5 Å². The fourth-order valence-corrected chi connectivity index (χ4v) is 2.72. The zero-order chi connectivity index (χ0) is 14.1. The monoisotopic (exact) mass is 307 g/mol. The molecule has 3 rings (SSSR count). The Hall–Kier alpha value is -1.25. The molecule has 1 aromatic carbocycles. The van der Waals surface area contributed by atoms with Gasteiger partial charge >= 0.3 is 0 Å². The molecular formula is C16H15Cl2NO. The molecule has 0 bridgehead atoms. The van der Waals surface area contributed by atoms with Gasteiger partial charge in [-0.1, -0.05) is 47.4 Å². The Kier molecular flexibility index (Phi) is 3.86. The topological polar surface area (TPSA) is 26.0 Å². The van der Waals surface area contributed by atoms with Crippen LogP contribution in [0, 0.1) is 0 Å². The molecular weight excluding hydrogens is 293 g/mol. The van der Waals surface area contributed by atoms with Crippen molar-refractivity contribution in [1.29, 1.82) is 0 Å². The second kappa shape index (κ2) is 5.63. The fraction of sp³-hybridized carbons (Fsp3) is 0.312. The highest BCUT2D eigenvalue weighted by atomic mass is 35.5. The number of halogens is 2. The van der Waals surface area contributed by atoms with E-state index in [-0.39, 0.29) is 0 Å². The second-order valence-corrected chi connectivity index (χ2v) is 5.86. The first kappa shape index (κ1) is 13.7. The van der Waals surface area contributed by atoms with Crippen LogP contribution < -0.4 is 0 Å². The highest BCUT2D eigenvalue weighted by Gasteiger charge is 2.32. The molecule has 2 nitrogen and oxygen atoms in total. The third-order valence-corrected chi connectivity index (χ3v) is 3.96. The van der Waals surface area contributed by atoms with Crippen molar-refractivity contribution >= 4 is 29.3 Å². The largest absolute Gasteiger partial charge is 0.360 e. The highest BCUT2D eigenvalue weighted by Crippen LogP contribution is 2.45. The van der Waals surface area contributed by atoms with E-state index in [2.05, 4.69) is 24.2 Å². The first-order valence-electron chi connectivity index (χ1n) is 6.82. The Labute approximate surface area is 128 Å². The van der Waals surface area contributed by atoms with Crippen molar-refractivity contribution in [2.75, 3.05) is 0 Å². The van der Waals surface area contributed by atoms with Crippen molar-refractivity contribution in [1.82, 2.24) is 5.16 Å². The standard InChI is InChI=1S/C16H15Cl2NO/c1-2-3-4-13-15(19-20-16(13)10-5-6-10)12-8-7-11(17)9-14(12)18/h3-4,7-10H,2,5-6H2,1H3/b4-3+. The zero-order valence-corrected chi connectivity index (χ0v) is 12.7. The molecule has 1 heterocycles. The summed E-state index contributed by atoms with van der Waals surface area (Å²) >= 11 is 12.2. The van der Waals surface area contributed by atoms with Gasteiger partial charge in [0.2, 0.25) is 0 Å². The van der Waals surface area contributed by atoms with Gasteiger partial charge in [0, 0.05) is 22.1 Å². The summed E-state index contributed by atoms with van der Waals surface area (Å²) in [6.45, 7) is 2.11. The minimum Gasteiger partial charge on any atom is -0.360 e. The average Bonchev–Trinajstić information content (AvgIpc) is 3.18. The summed E-state index contributed by atoms with van der Waals surface area (Å²) < 4.78 is 5.56. The molecule has 0 unspecified atom stereocenters. The maximum Gasteiger partial charge on any atom is 0.147 e. The summed E-state index contributed by atoms with van der Waals surface area (Å²) in [5.74, 6) is 1.49. The van der Waals surface area contributed by atoms with Crippen molar-refractivity contribution in [2.24, 2.45) is 0 Å². The Morgan fingerprint density at radius 2 is 2.15 bits per heavy atom. The zero-order valence-electron chi connectivity index (χ0n) is 11.2. The van der Waals surface area contributed by atoms with Crippen LogP contribution in [0.1, 0.15) is 43.4 Å². The van der Waals surface area contributed by atoms with Crippen molar-refractivity contribution in [3.8, 4) is 11.3 Å². The van der Waals surface area contributed by atoms with E-state index in [4.69, 9.17) is 27.7 Å². The van der Waals surface area contributed by atoms with Crippen LogP contribution in [0.5, 0.6) is 0 Å². The molecule has 2 aromatic rings. The van der Waals surface area contributed by atoms with Gasteiger partial charge in [0.05, 0.1) is 5.02 Å². The normalized spacial score (nSPS) is 15.2. The van der Waals surface area contributed by atoms with Crippen molar-refractivity contribution in [3.05, 3.63) is 45.6 Å². The van der Waals surface area contributed by atoms with Gasteiger partial charge in [-0.25, -0.2) is 0 Å². The van der Waals surface area contributed by atoms with Crippen LogP contribution in [0.3, 0.4) is 0 Å². The minimum atomic E-state index is 0.513. The molecule has 1 saturated carbocycles. The molecule has 1 fully saturated rings. The summed E-state index contributed by atoms with van der Waals surface area (Å²) in [5.41, 5.74) is 2.72. The molecule has 1 aliphatic rings. The molecule has 1 aromatic heterocycles. The van der Waals surface area contributed by atoms with Gasteiger partial charge in [0.15, 0.2) is 0 Å². The summed E-state index contributed by atoms with van der Waals surface area (Å²) in [5, 5.41) is 5.45. The van der Waals surface area contributed by atoms with Gasteiger partial charge < -0.3 is 4.52 Å². The number of allylic oxidation sites excluding steroid dienone is 1. The summed E-state index contributed by atoms with van der Waals surface area (Å²) in [7, 11) is 0. The smallest absolute Gasteiger partial charge is 0.147 e. The van der Waals surface area contributed by atoms with E-state index in [0.717, 1.165) is 29.0 Å². The third kappa shape index (κ3) is 2.63. The van der Waals surface area contributed by atoms with Gasteiger partial charge in [0.25, 0.3) is 0 Å². The molecule has 104 valence electrons. The van der Waals surface area contributed by atoms with Crippen molar-refractivity contribution < 1.29 is 4.52 Å². The predicted octanol–water partition coefficient (Wildman–Crippen LogP) is 5.95. The average molecular weight is 308 g/mol. The maximum absolute atomic E-state index is 6.28. The molecule has 0 saturated heterocycles. The first-order valence-corrected chi connectivity index (χ1v) is 7.57. The van der Waals surface area contributed by atoms with Crippen molar-refractivity contribution in [3.63, 3.8) is 0 Å². The molecule has 0 amide bonds. The Balaban J connectivity index is 2.10. The van der Waals surface area contributed by atoms with Crippen LogP contribution in [0.4, 0.5) is 0 Å². The van der Waals surface area contributed by atoms with Crippen LogP contribution >= 0.6 is 23.2 Å². The highest BCUT2D eigenvalue weighted by molar-refractivity contribution is 6.36. The van der Waals surface area contributed by atoms with Crippen LogP contribution in [0.15, 0.2) is 28.8 Å². The molecule has 20 heavy (non-hydrogen) atoms. The molecule has 0 spiro atoms. The van der Waals surface area contributed by atoms with Gasteiger partial charge in [-0.3, -0.25) is 0 Å². The van der Waals surface area contributed by atoms with E-state index in [0.29, 0.717) is 16.0 Å². The quantitative estimate of drug-likeness (QED) is 0.697. The Morgan fingerprint density at radius 1 is 1.35 bits per heavy atom. The SMILES string of the molecule is CC/C=C/c1c(-c2ccc(Cl)cc2Cl)noc1C1CC1. The number of benzene rings is 1. The summed E-state index contributed by atoms with van der Waals surface area (Å²) in [4.78, 5) is 0. The van der Waals surface area contributed by atoms with Crippen LogP contribution in [-0.4, -0.2) is 5.16 Å². The molecule has 0 aliphatic heterocycles. The molecule has 1 aliphatic carbocycles. The molecule has 0 atom stereocenters. The van der Waals surface area contributed by atoms with E-state index in [1.165, 1.54) is 12.8 Å². The Bertz CT molecular complexity index is 656. The van der Waals surface area contributed by atoms with Crippen LogP contribution in [0.2, 0.25) is 10.0 Å². The lowest BCUT2D eigenvalue weighted by molar-refractivity contribution is 0.386. The van der Waals surface area contributed by atoms with Gasteiger partial charge in [-0.15, -0.1) is 0 Å². The number of aromatic nitrogens is 1. The second-order valence-electron chi connectivity index (χ2n) is 5.02. The number of hydrogen-bond acceptors (Lipinski definition) is 2. The van der Waals surface area contributed by atoms with E-state index >= 15 is 0 Å². The van der Waals surface area contributed by atoms with Crippen LogP contribution in [-0.2, 0) is 0 Å². The van der Waals surface area contributed by atoms with Gasteiger partial charge in [-0.05, 0) is 37.5 Å². The minimum absolute atomic E-state index is 0.513. The first-order chi connectivity index (χ1) is 9.70. The molecule has 4 heteroatoms.